The van der Waals surface area contributed by atoms with Crippen LogP contribution in [0.1, 0.15) is 35.1 Å². The van der Waals surface area contributed by atoms with Crippen LogP contribution in [0.15, 0.2) is 45.7 Å². The van der Waals surface area contributed by atoms with Gasteiger partial charge in [-0.25, -0.2) is 0 Å². The van der Waals surface area contributed by atoms with Crippen LogP contribution in [0.5, 0.6) is 0 Å². The predicted molar refractivity (Wildman–Crippen MR) is 114 cm³/mol. The van der Waals surface area contributed by atoms with E-state index in [2.05, 4.69) is 21.8 Å². The van der Waals surface area contributed by atoms with E-state index in [4.69, 9.17) is 0 Å². The van der Waals surface area contributed by atoms with Gasteiger partial charge in [0.15, 0.2) is 5.84 Å². The summed E-state index contributed by atoms with van der Waals surface area (Å²) in [6.07, 6.45) is 1.33. The van der Waals surface area contributed by atoms with E-state index in [0.717, 1.165) is 16.8 Å². The smallest absolute Gasteiger partial charge is 0.285 e. The van der Waals surface area contributed by atoms with Crippen LogP contribution in [0.25, 0.3) is 0 Å². The summed E-state index contributed by atoms with van der Waals surface area (Å²) >= 11 is 0. The third-order valence-electron chi connectivity index (χ3n) is 5.70. The zero-order chi connectivity index (χ0) is 20.8. The first-order valence-corrected chi connectivity index (χ1v) is 11.3. The number of carbonyl (C=O) groups is 1. The van der Waals surface area contributed by atoms with Crippen molar-refractivity contribution >= 4 is 27.5 Å². The summed E-state index contributed by atoms with van der Waals surface area (Å²) < 4.78 is 28.6. The molecule has 2 aliphatic rings. The second-order valence-electron chi connectivity index (χ2n) is 7.91. The van der Waals surface area contributed by atoms with Crippen LogP contribution < -0.4 is 5.32 Å². The standard InChI is InChI=1S/C22H25N3O3S/c1-14-12-15(2)20(16(3)13-14)23-22(26)17-8-10-25(11-9-17)21-18-6-4-5-7-19(18)29(27,28)24-21/h4-7,12-13,17H,8-11H2,1-3H3,(H,23,26). The highest BCUT2D eigenvalue weighted by molar-refractivity contribution is 7.90. The van der Waals surface area contributed by atoms with E-state index in [1.54, 1.807) is 18.2 Å². The Bertz CT molecular complexity index is 1090. The largest absolute Gasteiger partial charge is 0.355 e. The monoisotopic (exact) mass is 411 g/mol. The highest BCUT2D eigenvalue weighted by atomic mass is 32.2. The summed E-state index contributed by atoms with van der Waals surface area (Å²) in [5.41, 5.74) is 4.86. The predicted octanol–water partition coefficient (Wildman–Crippen LogP) is 3.41. The van der Waals surface area contributed by atoms with Crippen LogP contribution >= 0.6 is 0 Å². The number of sulfonamides is 1. The fourth-order valence-electron chi connectivity index (χ4n) is 4.27. The van der Waals surface area contributed by atoms with Crippen LogP contribution in [0.2, 0.25) is 0 Å². The molecule has 1 saturated heterocycles. The Morgan fingerprint density at radius 3 is 2.34 bits per heavy atom. The molecule has 29 heavy (non-hydrogen) atoms. The molecule has 7 heteroatoms. The summed E-state index contributed by atoms with van der Waals surface area (Å²) in [5.74, 6) is 0.436. The quantitative estimate of drug-likeness (QED) is 0.821. The number of hydrogen-bond acceptors (Lipinski definition) is 4. The molecule has 0 unspecified atom stereocenters. The van der Waals surface area contributed by atoms with Crippen LogP contribution in [-0.4, -0.2) is 38.2 Å². The van der Waals surface area contributed by atoms with Crippen molar-refractivity contribution < 1.29 is 13.2 Å². The normalized spacial score (nSPS) is 18.3. The van der Waals surface area contributed by atoms with Crippen molar-refractivity contribution in [2.75, 3.05) is 18.4 Å². The summed E-state index contributed by atoms with van der Waals surface area (Å²) in [7, 11) is -3.62. The van der Waals surface area contributed by atoms with Gasteiger partial charge in [0.2, 0.25) is 5.91 Å². The van der Waals surface area contributed by atoms with Gasteiger partial charge in [-0.3, -0.25) is 4.79 Å². The molecule has 0 radical (unpaired) electrons. The number of amidine groups is 1. The van der Waals surface area contributed by atoms with Crippen LogP contribution in [0.4, 0.5) is 5.69 Å². The van der Waals surface area contributed by atoms with E-state index in [0.29, 0.717) is 37.3 Å². The van der Waals surface area contributed by atoms with Crippen molar-refractivity contribution in [3.05, 3.63) is 58.7 Å². The van der Waals surface area contributed by atoms with Gasteiger partial charge in [-0.2, -0.15) is 8.42 Å². The average molecular weight is 412 g/mol. The Labute approximate surface area is 171 Å². The minimum atomic E-state index is -3.62. The molecule has 0 bridgehead atoms. The van der Waals surface area contributed by atoms with Gasteiger partial charge >= 0.3 is 0 Å². The number of nitrogens with zero attached hydrogens (tertiary/aromatic N) is 2. The number of nitrogens with one attached hydrogen (secondary N) is 1. The summed E-state index contributed by atoms with van der Waals surface area (Å²) in [6, 6.07) is 11.1. The number of anilines is 1. The summed E-state index contributed by atoms with van der Waals surface area (Å²) in [5, 5.41) is 3.10. The summed E-state index contributed by atoms with van der Waals surface area (Å²) in [4.78, 5) is 15.1. The van der Waals surface area contributed by atoms with E-state index in [-0.39, 0.29) is 16.7 Å². The summed E-state index contributed by atoms with van der Waals surface area (Å²) in [6.45, 7) is 7.27. The van der Waals surface area contributed by atoms with Gasteiger partial charge in [0, 0.05) is 30.3 Å². The lowest BCUT2D eigenvalue weighted by molar-refractivity contribution is -0.121. The van der Waals surface area contributed by atoms with E-state index >= 15 is 0 Å². The first kappa shape index (κ1) is 19.6. The maximum atomic E-state index is 12.8. The van der Waals surface area contributed by atoms with Crippen molar-refractivity contribution in [1.29, 1.82) is 0 Å². The van der Waals surface area contributed by atoms with E-state index < -0.39 is 10.0 Å². The van der Waals surface area contributed by atoms with Crippen molar-refractivity contribution in [3.8, 4) is 0 Å². The molecule has 2 heterocycles. The molecular formula is C22H25N3O3S. The molecule has 0 saturated carbocycles. The van der Waals surface area contributed by atoms with Crippen LogP contribution in [0.3, 0.4) is 0 Å². The first-order chi connectivity index (χ1) is 13.8. The van der Waals surface area contributed by atoms with Crippen molar-refractivity contribution in [3.63, 3.8) is 0 Å². The van der Waals surface area contributed by atoms with Gasteiger partial charge < -0.3 is 10.2 Å². The molecule has 0 atom stereocenters. The SMILES string of the molecule is Cc1cc(C)c(NC(=O)C2CCN(C3=NS(=O)(=O)c4ccccc43)CC2)c(C)c1. The molecule has 2 aliphatic heterocycles. The fraction of sp³-hybridized carbons (Fsp3) is 0.364. The Balaban J connectivity index is 1.45. The Hall–Kier alpha value is -2.67. The molecule has 152 valence electrons. The molecule has 1 fully saturated rings. The van der Waals surface area contributed by atoms with E-state index in [1.165, 1.54) is 5.56 Å². The number of likely N-dealkylation sites (tertiary alicyclic amines) is 1. The molecule has 1 amide bonds. The lowest BCUT2D eigenvalue weighted by Crippen LogP contribution is -2.41. The number of hydrogen-bond donors (Lipinski definition) is 1. The molecule has 6 nitrogen and oxygen atoms in total. The number of benzene rings is 2. The van der Waals surface area contributed by atoms with Gasteiger partial charge in [-0.15, -0.1) is 4.40 Å². The maximum absolute atomic E-state index is 12.8. The molecule has 2 aromatic carbocycles. The topological polar surface area (TPSA) is 78.8 Å². The zero-order valence-corrected chi connectivity index (χ0v) is 17.7. The lowest BCUT2D eigenvalue weighted by atomic mass is 9.94. The van der Waals surface area contributed by atoms with Crippen molar-refractivity contribution in [1.82, 2.24) is 4.90 Å². The van der Waals surface area contributed by atoms with Crippen LogP contribution in [0, 0.1) is 26.7 Å². The minimum Gasteiger partial charge on any atom is -0.355 e. The van der Waals surface area contributed by atoms with Crippen molar-refractivity contribution in [2.24, 2.45) is 10.3 Å². The molecule has 0 aliphatic carbocycles. The molecule has 1 N–H and O–H groups in total. The lowest BCUT2D eigenvalue weighted by Gasteiger charge is -2.32. The third-order valence-corrected chi connectivity index (χ3v) is 7.03. The minimum absolute atomic E-state index is 0.0288. The first-order valence-electron chi connectivity index (χ1n) is 9.84. The third kappa shape index (κ3) is 3.67. The molecular weight excluding hydrogens is 386 g/mol. The zero-order valence-electron chi connectivity index (χ0n) is 16.9. The van der Waals surface area contributed by atoms with Gasteiger partial charge in [0.1, 0.15) is 4.90 Å². The number of rotatable bonds is 2. The Morgan fingerprint density at radius 2 is 1.69 bits per heavy atom. The highest BCUT2D eigenvalue weighted by Crippen LogP contribution is 2.30. The average Bonchev–Trinajstić information content (AvgIpc) is 2.96. The van der Waals surface area contributed by atoms with Crippen LogP contribution in [-0.2, 0) is 14.8 Å². The van der Waals surface area contributed by atoms with Gasteiger partial charge in [0.05, 0.1) is 0 Å². The fourth-order valence-corrected chi connectivity index (χ4v) is 5.50. The van der Waals surface area contributed by atoms with E-state index in [1.807, 2.05) is 31.7 Å². The van der Waals surface area contributed by atoms with E-state index in [9.17, 15) is 13.2 Å². The maximum Gasteiger partial charge on any atom is 0.285 e. The number of piperidine rings is 1. The molecule has 2 aromatic rings. The Kier molecular flexibility index (Phi) is 4.94. The van der Waals surface area contributed by atoms with Crippen molar-refractivity contribution in [2.45, 2.75) is 38.5 Å². The second kappa shape index (κ2) is 7.30. The van der Waals surface area contributed by atoms with Gasteiger partial charge in [-0.05, 0) is 56.9 Å². The molecule has 0 aromatic heterocycles. The Morgan fingerprint density at radius 1 is 1.07 bits per heavy atom. The number of carbonyl (C=O) groups excluding carboxylic acids is 1. The number of aryl methyl sites for hydroxylation is 3. The number of fused-ring (bicyclic) bond motifs is 1. The van der Waals surface area contributed by atoms with Gasteiger partial charge in [-0.1, -0.05) is 29.8 Å². The number of amides is 1. The van der Waals surface area contributed by atoms with Gasteiger partial charge in [0.25, 0.3) is 10.0 Å². The molecule has 4 rings (SSSR count). The highest BCUT2D eigenvalue weighted by Gasteiger charge is 2.34. The second-order valence-corrected chi connectivity index (χ2v) is 9.48. The molecule has 0 spiro atoms.